The van der Waals surface area contributed by atoms with Crippen molar-refractivity contribution in [1.29, 1.82) is 0 Å². The first-order chi connectivity index (χ1) is 31.2. The summed E-state index contributed by atoms with van der Waals surface area (Å²) >= 11 is 0. The van der Waals surface area contributed by atoms with Crippen LogP contribution >= 0.6 is 0 Å². The summed E-state index contributed by atoms with van der Waals surface area (Å²) in [6.45, 7) is 0. The molecule has 0 bridgehead atoms. The third-order valence-electron chi connectivity index (χ3n) is 12.9. The summed E-state index contributed by atoms with van der Waals surface area (Å²) in [7, 11) is 0. The van der Waals surface area contributed by atoms with Gasteiger partial charge in [0.05, 0.1) is 22.1 Å². The van der Waals surface area contributed by atoms with Gasteiger partial charge in [-0.05, 0) is 69.8 Å². The van der Waals surface area contributed by atoms with Crippen LogP contribution < -0.4 is 4.74 Å². The monoisotopic (exact) mass is 804 g/mol. The predicted octanol–water partition coefficient (Wildman–Crippen LogP) is 14.1. The summed E-state index contributed by atoms with van der Waals surface area (Å²) in [6.07, 6.45) is 0. The topological polar surface area (TPSA) is 52.8 Å². The van der Waals surface area contributed by atoms with Crippen LogP contribution in [0.2, 0.25) is 0 Å². The number of rotatable bonds is 5. The van der Waals surface area contributed by atoms with Crippen LogP contribution in [0.3, 0.4) is 0 Å². The molecule has 63 heavy (non-hydrogen) atoms. The van der Waals surface area contributed by atoms with E-state index in [1.807, 2.05) is 12.1 Å². The summed E-state index contributed by atoms with van der Waals surface area (Å²) in [5.74, 6) is 3.44. The van der Waals surface area contributed by atoms with Gasteiger partial charge in [0.25, 0.3) is 0 Å². The minimum absolute atomic E-state index is 0.586. The molecule has 5 nitrogen and oxygen atoms in total. The van der Waals surface area contributed by atoms with Crippen LogP contribution in [-0.2, 0) is 5.41 Å². The Morgan fingerprint density at radius 2 is 0.810 bits per heavy atom. The summed E-state index contributed by atoms with van der Waals surface area (Å²) in [4.78, 5) is 15.7. The molecule has 0 amide bonds. The van der Waals surface area contributed by atoms with Crippen LogP contribution in [0.25, 0.3) is 83.9 Å². The van der Waals surface area contributed by atoms with Gasteiger partial charge in [-0.25, -0.2) is 15.0 Å². The van der Waals surface area contributed by atoms with Gasteiger partial charge in [0.1, 0.15) is 11.5 Å². The fourth-order valence-corrected chi connectivity index (χ4v) is 10.1. The first-order valence-corrected chi connectivity index (χ1v) is 21.3. The van der Waals surface area contributed by atoms with E-state index >= 15 is 0 Å². The molecule has 294 valence electrons. The van der Waals surface area contributed by atoms with E-state index in [2.05, 4.69) is 211 Å². The quantitative estimate of drug-likeness (QED) is 0.174. The lowest BCUT2D eigenvalue weighted by atomic mass is 9.61. The van der Waals surface area contributed by atoms with E-state index in [9.17, 15) is 0 Å². The SMILES string of the molecule is c1ccc(-c2ccc(-c3nc(-c4ccc(-c5ccccc5)cc4)nc(-c4ccc5c(c4)C4(c6ccccc6O5)c5ccccc5-n5c6ccccc6c6cccc4c65)n3)cc2)cc1. The predicted molar refractivity (Wildman–Crippen MR) is 253 cm³/mol. The molecule has 2 aromatic heterocycles. The molecule has 5 heteroatoms. The molecule has 11 aromatic rings. The fourth-order valence-electron chi connectivity index (χ4n) is 10.1. The molecule has 0 saturated carbocycles. The van der Waals surface area contributed by atoms with E-state index in [1.165, 1.54) is 32.9 Å². The largest absolute Gasteiger partial charge is 0.457 e. The molecule has 1 unspecified atom stereocenters. The number of nitrogens with zero attached hydrogens (tertiary/aromatic N) is 4. The van der Waals surface area contributed by atoms with E-state index < -0.39 is 5.41 Å². The number of aromatic nitrogens is 4. The number of para-hydroxylation sites is 4. The minimum atomic E-state index is -0.722. The van der Waals surface area contributed by atoms with Crippen molar-refractivity contribution in [3.05, 3.63) is 241 Å². The van der Waals surface area contributed by atoms with Gasteiger partial charge in [-0.2, -0.15) is 0 Å². The van der Waals surface area contributed by atoms with Gasteiger partial charge >= 0.3 is 0 Å². The van der Waals surface area contributed by atoms with Crippen molar-refractivity contribution >= 4 is 21.8 Å². The molecule has 0 radical (unpaired) electrons. The van der Waals surface area contributed by atoms with Gasteiger partial charge in [-0.1, -0.05) is 182 Å². The maximum Gasteiger partial charge on any atom is 0.164 e. The highest BCUT2D eigenvalue weighted by molar-refractivity contribution is 6.12. The minimum Gasteiger partial charge on any atom is -0.457 e. The number of benzene rings is 9. The average Bonchev–Trinajstić information content (AvgIpc) is 3.71. The molecule has 0 saturated heterocycles. The lowest BCUT2D eigenvalue weighted by Gasteiger charge is -2.45. The number of fused-ring (bicyclic) bond motifs is 11. The van der Waals surface area contributed by atoms with Gasteiger partial charge in [0, 0.05) is 38.6 Å². The molecule has 0 aliphatic carbocycles. The average molecular weight is 805 g/mol. The Morgan fingerprint density at radius 3 is 1.49 bits per heavy atom. The smallest absolute Gasteiger partial charge is 0.164 e. The summed E-state index contributed by atoms with van der Waals surface area (Å²) in [5.41, 5.74) is 14.6. The molecule has 9 aromatic carbocycles. The van der Waals surface area contributed by atoms with Crippen LogP contribution in [0.4, 0.5) is 0 Å². The fraction of sp³-hybridized carbons (Fsp3) is 0.0172. The summed E-state index contributed by atoms with van der Waals surface area (Å²) in [6, 6.07) is 77.2. The molecule has 1 spiro atoms. The van der Waals surface area contributed by atoms with Gasteiger partial charge in [-0.15, -0.1) is 0 Å². The van der Waals surface area contributed by atoms with Crippen molar-refractivity contribution in [3.63, 3.8) is 0 Å². The highest BCUT2D eigenvalue weighted by Gasteiger charge is 2.50. The Balaban J connectivity index is 1.04. The van der Waals surface area contributed by atoms with Gasteiger partial charge in [0.15, 0.2) is 17.5 Å². The third kappa shape index (κ3) is 5.33. The molecule has 0 fully saturated rings. The second-order valence-corrected chi connectivity index (χ2v) is 16.3. The van der Waals surface area contributed by atoms with Crippen molar-refractivity contribution in [2.75, 3.05) is 0 Å². The van der Waals surface area contributed by atoms with E-state index in [0.717, 1.165) is 67.3 Å². The van der Waals surface area contributed by atoms with Crippen molar-refractivity contribution in [3.8, 4) is 73.6 Å². The van der Waals surface area contributed by atoms with Crippen LogP contribution in [-0.4, -0.2) is 19.5 Å². The van der Waals surface area contributed by atoms with Crippen LogP contribution in [0.15, 0.2) is 218 Å². The lowest BCUT2D eigenvalue weighted by molar-refractivity contribution is 0.434. The van der Waals surface area contributed by atoms with Gasteiger partial charge in [0.2, 0.25) is 0 Å². The Bertz CT molecular complexity index is 3480. The Hall–Kier alpha value is -8.41. The van der Waals surface area contributed by atoms with E-state index in [4.69, 9.17) is 19.7 Å². The first-order valence-electron chi connectivity index (χ1n) is 21.3. The normalized spacial score (nSPS) is 14.5. The Labute approximate surface area is 364 Å². The molecule has 13 rings (SSSR count). The molecule has 2 aliphatic heterocycles. The first kappa shape index (κ1) is 35.4. The Morgan fingerprint density at radius 1 is 0.333 bits per heavy atom. The molecule has 2 aliphatic rings. The van der Waals surface area contributed by atoms with Crippen molar-refractivity contribution in [1.82, 2.24) is 19.5 Å². The molecule has 1 atom stereocenters. The second kappa shape index (κ2) is 13.8. The lowest BCUT2D eigenvalue weighted by Crippen LogP contribution is -2.37. The number of hydrogen-bond donors (Lipinski definition) is 0. The second-order valence-electron chi connectivity index (χ2n) is 16.3. The zero-order chi connectivity index (χ0) is 41.5. The summed E-state index contributed by atoms with van der Waals surface area (Å²) in [5, 5.41) is 2.45. The van der Waals surface area contributed by atoms with Crippen LogP contribution in [0.1, 0.15) is 22.3 Å². The third-order valence-corrected chi connectivity index (χ3v) is 12.9. The highest BCUT2D eigenvalue weighted by Crippen LogP contribution is 2.60. The molecular formula is C58H36N4O. The van der Waals surface area contributed by atoms with Gasteiger partial charge in [-0.3, -0.25) is 0 Å². The standard InChI is InChI=1S/C58H36N4O/c1-3-14-37(15-4-1)39-26-30-41(31-27-39)55-59-56(42-32-28-40(29-33-42)38-16-5-2-6-17-38)61-57(60-55)43-34-35-53-49(36-43)58(47-21-9-12-25-52(47)63-53)46-20-8-11-24-51(46)62-50-23-10-7-18-44(50)45-19-13-22-48(58)54(45)62/h1-36H. The highest BCUT2D eigenvalue weighted by atomic mass is 16.5. The van der Waals surface area contributed by atoms with Crippen molar-refractivity contribution < 1.29 is 4.74 Å². The van der Waals surface area contributed by atoms with Crippen molar-refractivity contribution in [2.45, 2.75) is 5.41 Å². The summed E-state index contributed by atoms with van der Waals surface area (Å²) < 4.78 is 9.33. The van der Waals surface area contributed by atoms with Crippen LogP contribution in [0, 0.1) is 0 Å². The van der Waals surface area contributed by atoms with E-state index in [1.54, 1.807) is 0 Å². The van der Waals surface area contributed by atoms with Gasteiger partial charge < -0.3 is 9.30 Å². The zero-order valence-electron chi connectivity index (χ0n) is 34.0. The zero-order valence-corrected chi connectivity index (χ0v) is 34.0. The number of hydrogen-bond acceptors (Lipinski definition) is 4. The molecular weight excluding hydrogens is 769 g/mol. The maximum absolute atomic E-state index is 6.88. The molecule has 4 heterocycles. The molecule has 0 N–H and O–H groups in total. The maximum atomic E-state index is 6.88. The Kier molecular flexibility index (Phi) is 7.75. The van der Waals surface area contributed by atoms with Crippen LogP contribution in [0.5, 0.6) is 11.5 Å². The number of ether oxygens (including phenoxy) is 1. The van der Waals surface area contributed by atoms with E-state index in [0.29, 0.717) is 17.5 Å². The van der Waals surface area contributed by atoms with E-state index in [-0.39, 0.29) is 0 Å². The van der Waals surface area contributed by atoms with Crippen molar-refractivity contribution in [2.24, 2.45) is 0 Å².